The van der Waals surface area contributed by atoms with Gasteiger partial charge in [-0.25, -0.2) is 4.98 Å². The first-order valence-corrected chi connectivity index (χ1v) is 5.88. The Balaban J connectivity index is 0.00000196. The van der Waals surface area contributed by atoms with E-state index in [1.165, 1.54) is 0 Å². The van der Waals surface area contributed by atoms with E-state index in [1.54, 1.807) is 11.3 Å². The molecule has 1 aromatic heterocycles. The van der Waals surface area contributed by atoms with Crippen LogP contribution in [0.15, 0.2) is 10.9 Å². The SMILES string of the molecule is CC(C)CC(O)CNCc1cscn1.Cl. The van der Waals surface area contributed by atoms with Crippen LogP contribution in [-0.4, -0.2) is 22.7 Å². The van der Waals surface area contributed by atoms with Crippen molar-refractivity contribution in [2.75, 3.05) is 6.54 Å². The molecule has 0 aliphatic heterocycles. The molecule has 1 aromatic rings. The highest BCUT2D eigenvalue weighted by Gasteiger charge is 2.06. The predicted molar refractivity (Wildman–Crippen MR) is 66.5 cm³/mol. The Morgan fingerprint density at radius 1 is 1.53 bits per heavy atom. The number of aliphatic hydroxyl groups excluding tert-OH is 1. The molecule has 15 heavy (non-hydrogen) atoms. The van der Waals surface area contributed by atoms with Crippen LogP contribution < -0.4 is 5.32 Å². The zero-order valence-electron chi connectivity index (χ0n) is 9.14. The molecule has 1 unspecified atom stereocenters. The minimum atomic E-state index is -0.242. The average Bonchev–Trinajstić information content (AvgIpc) is 2.55. The van der Waals surface area contributed by atoms with Gasteiger partial charge in [-0.1, -0.05) is 13.8 Å². The Labute approximate surface area is 101 Å². The van der Waals surface area contributed by atoms with Crippen molar-refractivity contribution in [1.29, 1.82) is 0 Å². The smallest absolute Gasteiger partial charge is 0.0795 e. The largest absolute Gasteiger partial charge is 0.392 e. The van der Waals surface area contributed by atoms with E-state index in [0.717, 1.165) is 18.7 Å². The summed E-state index contributed by atoms with van der Waals surface area (Å²) in [5.41, 5.74) is 2.87. The van der Waals surface area contributed by atoms with E-state index in [0.29, 0.717) is 12.5 Å². The van der Waals surface area contributed by atoms with Crippen LogP contribution in [0.2, 0.25) is 0 Å². The summed E-state index contributed by atoms with van der Waals surface area (Å²) in [6.45, 7) is 5.63. The molecule has 0 aromatic carbocycles. The molecular weight excluding hydrogens is 232 g/mol. The van der Waals surface area contributed by atoms with Gasteiger partial charge in [0.15, 0.2) is 0 Å². The first-order chi connectivity index (χ1) is 6.68. The van der Waals surface area contributed by atoms with Gasteiger partial charge in [-0.3, -0.25) is 0 Å². The fraction of sp³-hybridized carbons (Fsp3) is 0.700. The van der Waals surface area contributed by atoms with Crippen molar-refractivity contribution < 1.29 is 5.11 Å². The van der Waals surface area contributed by atoms with E-state index in [9.17, 15) is 5.11 Å². The zero-order valence-corrected chi connectivity index (χ0v) is 10.8. The van der Waals surface area contributed by atoms with E-state index in [-0.39, 0.29) is 18.5 Å². The van der Waals surface area contributed by atoms with Crippen LogP contribution in [0.5, 0.6) is 0 Å². The third-order valence-corrected chi connectivity index (χ3v) is 2.55. The minimum absolute atomic E-state index is 0. The maximum atomic E-state index is 9.57. The van der Waals surface area contributed by atoms with Crippen molar-refractivity contribution in [2.24, 2.45) is 5.92 Å². The topological polar surface area (TPSA) is 45.1 Å². The standard InChI is InChI=1S/C10H18N2OS.ClH/c1-8(2)3-10(13)5-11-4-9-6-14-7-12-9;/h6-8,10-11,13H,3-5H2,1-2H3;1H. The molecule has 0 saturated carbocycles. The minimum Gasteiger partial charge on any atom is -0.392 e. The number of aliphatic hydroxyl groups is 1. The fourth-order valence-corrected chi connectivity index (χ4v) is 1.88. The molecule has 3 nitrogen and oxygen atoms in total. The maximum Gasteiger partial charge on any atom is 0.0795 e. The highest BCUT2D eigenvalue weighted by molar-refractivity contribution is 7.07. The van der Waals surface area contributed by atoms with Crippen molar-refractivity contribution in [3.63, 3.8) is 0 Å². The maximum absolute atomic E-state index is 9.57. The molecule has 1 heterocycles. The van der Waals surface area contributed by atoms with Gasteiger partial charge in [0, 0.05) is 18.5 Å². The predicted octanol–water partition coefficient (Wildman–Crippen LogP) is 2.06. The van der Waals surface area contributed by atoms with Gasteiger partial charge >= 0.3 is 0 Å². The van der Waals surface area contributed by atoms with Gasteiger partial charge in [-0.2, -0.15) is 0 Å². The summed E-state index contributed by atoms with van der Waals surface area (Å²) in [6, 6.07) is 0. The lowest BCUT2D eigenvalue weighted by Gasteiger charge is -2.13. The number of hydrogen-bond acceptors (Lipinski definition) is 4. The number of hydrogen-bond donors (Lipinski definition) is 2. The van der Waals surface area contributed by atoms with Crippen LogP contribution in [0.3, 0.4) is 0 Å². The second-order valence-electron chi connectivity index (χ2n) is 3.89. The lowest BCUT2D eigenvalue weighted by Crippen LogP contribution is -2.27. The summed E-state index contributed by atoms with van der Waals surface area (Å²) >= 11 is 1.60. The molecule has 0 spiro atoms. The molecule has 2 N–H and O–H groups in total. The quantitative estimate of drug-likeness (QED) is 0.813. The Bertz CT molecular complexity index is 242. The van der Waals surface area contributed by atoms with Crippen molar-refractivity contribution >= 4 is 23.7 Å². The monoisotopic (exact) mass is 250 g/mol. The average molecular weight is 251 g/mol. The van der Waals surface area contributed by atoms with Gasteiger partial charge in [0.2, 0.25) is 0 Å². The van der Waals surface area contributed by atoms with E-state index in [1.807, 2.05) is 10.9 Å². The summed E-state index contributed by atoms with van der Waals surface area (Å²) in [7, 11) is 0. The van der Waals surface area contributed by atoms with Crippen LogP contribution >= 0.6 is 23.7 Å². The van der Waals surface area contributed by atoms with E-state index >= 15 is 0 Å². The highest BCUT2D eigenvalue weighted by atomic mass is 35.5. The molecule has 88 valence electrons. The molecule has 0 aliphatic rings. The Hall–Kier alpha value is -0.160. The lowest BCUT2D eigenvalue weighted by atomic mass is 10.1. The van der Waals surface area contributed by atoms with Crippen molar-refractivity contribution in [2.45, 2.75) is 32.9 Å². The number of nitrogens with zero attached hydrogens (tertiary/aromatic N) is 1. The van der Waals surface area contributed by atoms with Gasteiger partial charge in [0.25, 0.3) is 0 Å². The molecule has 1 rings (SSSR count). The van der Waals surface area contributed by atoms with Gasteiger partial charge in [-0.15, -0.1) is 23.7 Å². The summed E-state index contributed by atoms with van der Waals surface area (Å²) in [6.07, 6.45) is 0.609. The van der Waals surface area contributed by atoms with Gasteiger partial charge in [0.05, 0.1) is 17.3 Å². The summed E-state index contributed by atoms with van der Waals surface area (Å²) in [5, 5.41) is 14.8. The molecule has 0 saturated heterocycles. The van der Waals surface area contributed by atoms with E-state index in [4.69, 9.17) is 0 Å². The van der Waals surface area contributed by atoms with Crippen molar-refractivity contribution in [3.05, 3.63) is 16.6 Å². The second kappa shape index (κ2) is 8.05. The molecule has 1 atom stereocenters. The second-order valence-corrected chi connectivity index (χ2v) is 4.61. The van der Waals surface area contributed by atoms with Crippen LogP contribution in [0.1, 0.15) is 26.0 Å². The van der Waals surface area contributed by atoms with E-state index < -0.39 is 0 Å². The van der Waals surface area contributed by atoms with Crippen LogP contribution in [0, 0.1) is 5.92 Å². The summed E-state index contributed by atoms with van der Waals surface area (Å²) in [4.78, 5) is 4.15. The fourth-order valence-electron chi connectivity index (χ4n) is 1.32. The first-order valence-electron chi connectivity index (χ1n) is 4.94. The molecule has 0 radical (unpaired) electrons. The molecule has 0 aliphatic carbocycles. The molecule has 0 amide bonds. The molecule has 0 fully saturated rings. The van der Waals surface area contributed by atoms with E-state index in [2.05, 4.69) is 24.1 Å². The third-order valence-electron chi connectivity index (χ3n) is 1.91. The number of nitrogens with one attached hydrogen (secondary N) is 1. The highest BCUT2D eigenvalue weighted by Crippen LogP contribution is 2.04. The third kappa shape index (κ3) is 6.84. The normalized spacial score (nSPS) is 12.5. The van der Waals surface area contributed by atoms with Crippen molar-refractivity contribution in [1.82, 2.24) is 10.3 Å². The summed E-state index contributed by atoms with van der Waals surface area (Å²) in [5.74, 6) is 0.547. The number of halogens is 1. The van der Waals surface area contributed by atoms with Crippen LogP contribution in [0.4, 0.5) is 0 Å². The van der Waals surface area contributed by atoms with Crippen LogP contribution in [-0.2, 0) is 6.54 Å². The van der Waals surface area contributed by atoms with Gasteiger partial charge < -0.3 is 10.4 Å². The van der Waals surface area contributed by atoms with Gasteiger partial charge in [-0.05, 0) is 12.3 Å². The molecule has 5 heteroatoms. The lowest BCUT2D eigenvalue weighted by molar-refractivity contribution is 0.146. The number of aromatic nitrogens is 1. The molecule has 0 bridgehead atoms. The van der Waals surface area contributed by atoms with Crippen molar-refractivity contribution in [3.8, 4) is 0 Å². The van der Waals surface area contributed by atoms with Gasteiger partial charge in [0.1, 0.15) is 0 Å². The molecular formula is C10H19ClN2OS. The first kappa shape index (κ1) is 14.8. The Kier molecular flexibility index (Phi) is 7.96. The van der Waals surface area contributed by atoms with Crippen LogP contribution in [0.25, 0.3) is 0 Å². The Morgan fingerprint density at radius 3 is 2.80 bits per heavy atom. The Morgan fingerprint density at radius 2 is 2.27 bits per heavy atom. The number of thiazole rings is 1. The summed E-state index contributed by atoms with van der Waals surface area (Å²) < 4.78 is 0. The zero-order chi connectivity index (χ0) is 10.4. The number of rotatable bonds is 6.